The molecule has 39 heavy (non-hydrogen) atoms. The van der Waals surface area contributed by atoms with Gasteiger partial charge in [0.2, 0.25) is 0 Å². The molecule has 0 aromatic heterocycles. The Morgan fingerprint density at radius 3 is 1.59 bits per heavy atom. The van der Waals surface area contributed by atoms with Crippen molar-refractivity contribution in [2.75, 3.05) is 11.5 Å². The average molecular weight is 559 g/mol. The molecule has 216 valence electrons. The zero-order valence-corrected chi connectivity index (χ0v) is 25.2. The Bertz CT molecular complexity index is 1070. The number of carbonyl (C=O) groups is 2. The molecule has 0 spiro atoms. The second-order valence-electron chi connectivity index (χ2n) is 11.5. The highest BCUT2D eigenvalue weighted by Gasteiger charge is 2.37. The molecule has 0 aliphatic carbocycles. The molecule has 0 saturated heterocycles. The van der Waals surface area contributed by atoms with Crippen LogP contribution in [0.25, 0.3) is 0 Å². The summed E-state index contributed by atoms with van der Waals surface area (Å²) >= 11 is 1.37. The van der Waals surface area contributed by atoms with Crippen LogP contribution in [0.5, 0.6) is 11.5 Å². The van der Waals surface area contributed by atoms with Gasteiger partial charge in [-0.15, -0.1) is 0 Å². The molecule has 0 aliphatic rings. The molecule has 0 atom stereocenters. The number of thioether (sulfide) groups is 1. The van der Waals surface area contributed by atoms with Crippen LogP contribution in [0.4, 0.5) is 0 Å². The lowest BCUT2D eigenvalue weighted by Crippen LogP contribution is -2.34. The first-order valence-electron chi connectivity index (χ1n) is 13.9. The topological polar surface area (TPSA) is 115 Å². The van der Waals surface area contributed by atoms with E-state index in [1.165, 1.54) is 11.8 Å². The predicted octanol–water partition coefficient (Wildman–Crippen LogP) is 7.59. The molecule has 0 unspecified atom stereocenters. The third kappa shape index (κ3) is 9.20. The van der Waals surface area contributed by atoms with Crippen LogP contribution in [-0.4, -0.2) is 43.9 Å². The van der Waals surface area contributed by atoms with Crippen LogP contribution >= 0.6 is 11.8 Å². The third-order valence-corrected chi connectivity index (χ3v) is 8.71. The van der Waals surface area contributed by atoms with Crippen LogP contribution in [0.2, 0.25) is 0 Å². The van der Waals surface area contributed by atoms with Gasteiger partial charge < -0.3 is 20.4 Å². The largest absolute Gasteiger partial charge is 0.507 e. The molecular weight excluding hydrogens is 512 g/mol. The number of phenols is 2. The van der Waals surface area contributed by atoms with E-state index in [-0.39, 0.29) is 18.3 Å². The Labute approximate surface area is 237 Å². The van der Waals surface area contributed by atoms with Crippen molar-refractivity contribution < 1.29 is 30.0 Å². The van der Waals surface area contributed by atoms with Gasteiger partial charge in [0.25, 0.3) is 0 Å². The summed E-state index contributed by atoms with van der Waals surface area (Å²) < 4.78 is 0. The highest BCUT2D eigenvalue weighted by molar-refractivity contribution is 7.99. The Morgan fingerprint density at radius 1 is 0.795 bits per heavy atom. The van der Waals surface area contributed by atoms with Crippen LogP contribution in [-0.2, 0) is 22.4 Å². The van der Waals surface area contributed by atoms with E-state index < -0.39 is 17.4 Å². The first-order valence-corrected chi connectivity index (χ1v) is 15.1. The number of carboxylic acids is 2. The molecule has 6 nitrogen and oxygen atoms in total. The minimum absolute atomic E-state index is 0.00927. The highest BCUT2D eigenvalue weighted by atomic mass is 32.2. The Hall–Kier alpha value is -2.67. The van der Waals surface area contributed by atoms with Gasteiger partial charge in [-0.1, -0.05) is 63.1 Å². The van der Waals surface area contributed by atoms with Gasteiger partial charge in [0.1, 0.15) is 11.5 Å². The maximum Gasteiger partial charge on any atom is 0.310 e. The van der Waals surface area contributed by atoms with Crippen molar-refractivity contribution in [3.63, 3.8) is 0 Å². The molecule has 0 heterocycles. The van der Waals surface area contributed by atoms with Crippen LogP contribution in [0.15, 0.2) is 24.3 Å². The van der Waals surface area contributed by atoms with E-state index in [0.717, 1.165) is 33.4 Å². The van der Waals surface area contributed by atoms with Crippen molar-refractivity contribution in [3.8, 4) is 11.5 Å². The lowest BCUT2D eigenvalue weighted by molar-refractivity contribution is -0.148. The second kappa shape index (κ2) is 14.6. The molecule has 0 amide bonds. The number of rotatable bonds is 16. The maximum absolute atomic E-state index is 12.7. The predicted molar refractivity (Wildman–Crippen MR) is 159 cm³/mol. The summed E-state index contributed by atoms with van der Waals surface area (Å²) in [5, 5.41) is 41.1. The monoisotopic (exact) mass is 558 g/mol. The SMILES string of the molecule is Cc1cc(CCCC(CCCc2cc(C)cc(C(C)C)c2O)(CSCCC(=O)O)C(=O)O)c(O)c(C(C)C)c1. The fraction of sp³-hybridized carbons (Fsp3) is 0.562. The number of phenolic OH excluding ortho intramolecular Hbond substituents is 2. The summed E-state index contributed by atoms with van der Waals surface area (Å²) in [4.78, 5) is 23.7. The molecule has 4 N–H and O–H groups in total. The highest BCUT2D eigenvalue weighted by Crippen LogP contribution is 2.38. The molecule has 0 bridgehead atoms. The van der Waals surface area contributed by atoms with Gasteiger partial charge in [-0.25, -0.2) is 0 Å². The molecule has 0 saturated carbocycles. The van der Waals surface area contributed by atoms with E-state index in [4.69, 9.17) is 5.11 Å². The fourth-order valence-corrected chi connectivity index (χ4v) is 6.50. The number of aromatic hydroxyl groups is 2. The third-order valence-electron chi connectivity index (χ3n) is 7.46. The summed E-state index contributed by atoms with van der Waals surface area (Å²) in [6.07, 6.45) is 3.15. The first kappa shape index (κ1) is 32.5. The molecule has 2 rings (SSSR count). The first-order chi connectivity index (χ1) is 18.3. The number of hydrogen-bond acceptors (Lipinski definition) is 5. The molecule has 2 aromatic rings. The van der Waals surface area contributed by atoms with Crippen LogP contribution < -0.4 is 0 Å². The normalized spacial score (nSPS) is 11.9. The van der Waals surface area contributed by atoms with E-state index in [1.54, 1.807) is 0 Å². The van der Waals surface area contributed by atoms with E-state index in [1.807, 2.05) is 65.8 Å². The smallest absolute Gasteiger partial charge is 0.310 e. The van der Waals surface area contributed by atoms with Crippen molar-refractivity contribution in [1.29, 1.82) is 0 Å². The van der Waals surface area contributed by atoms with Gasteiger partial charge in [0, 0.05) is 11.5 Å². The fourth-order valence-electron chi connectivity index (χ4n) is 5.24. The van der Waals surface area contributed by atoms with Crippen molar-refractivity contribution in [2.45, 2.75) is 98.3 Å². The van der Waals surface area contributed by atoms with Gasteiger partial charge in [0.05, 0.1) is 11.8 Å². The lowest BCUT2D eigenvalue weighted by atomic mass is 9.79. The second-order valence-corrected chi connectivity index (χ2v) is 12.6. The van der Waals surface area contributed by atoms with Gasteiger partial charge >= 0.3 is 11.9 Å². The van der Waals surface area contributed by atoms with Crippen LogP contribution in [0, 0.1) is 19.3 Å². The summed E-state index contributed by atoms with van der Waals surface area (Å²) in [6.45, 7) is 12.2. The zero-order chi connectivity index (χ0) is 29.3. The summed E-state index contributed by atoms with van der Waals surface area (Å²) in [6, 6.07) is 7.93. The standard InChI is InChI=1S/C32H46O6S/c1-20(2)26-17-22(5)15-24(29(26)35)9-7-12-32(31(37)38,19-39-14-11-28(33)34)13-8-10-25-16-23(6)18-27(21(3)4)30(25)36/h15-18,20-21,35-36H,7-14,19H2,1-6H3,(H,33,34)(H,37,38). The number of aliphatic carboxylic acids is 2. The van der Waals surface area contributed by atoms with Gasteiger partial charge in [-0.3, -0.25) is 9.59 Å². The van der Waals surface area contributed by atoms with Crippen LogP contribution in [0.1, 0.15) is 105 Å². The number of benzene rings is 2. The van der Waals surface area contributed by atoms with Crippen molar-refractivity contribution in [2.24, 2.45) is 5.41 Å². The minimum Gasteiger partial charge on any atom is -0.507 e. The van der Waals surface area contributed by atoms with Crippen molar-refractivity contribution in [3.05, 3.63) is 57.6 Å². The van der Waals surface area contributed by atoms with E-state index in [9.17, 15) is 24.9 Å². The van der Waals surface area contributed by atoms with E-state index in [2.05, 4.69) is 0 Å². The molecule has 2 aromatic carbocycles. The molecule has 7 heteroatoms. The number of aryl methyl sites for hydroxylation is 4. The number of carboxylic acid groups (broad SMARTS) is 2. The lowest BCUT2D eigenvalue weighted by Gasteiger charge is -2.30. The van der Waals surface area contributed by atoms with Crippen molar-refractivity contribution in [1.82, 2.24) is 0 Å². The van der Waals surface area contributed by atoms with Gasteiger partial charge in [-0.05, 0) is 86.5 Å². The summed E-state index contributed by atoms with van der Waals surface area (Å²) in [7, 11) is 0. The summed E-state index contributed by atoms with van der Waals surface area (Å²) in [5.74, 6) is -0.135. The van der Waals surface area contributed by atoms with Gasteiger partial charge in [-0.2, -0.15) is 11.8 Å². The van der Waals surface area contributed by atoms with E-state index in [0.29, 0.717) is 61.5 Å². The summed E-state index contributed by atoms with van der Waals surface area (Å²) in [5.41, 5.74) is 4.58. The molecular formula is C32H46O6S. The van der Waals surface area contributed by atoms with Crippen LogP contribution in [0.3, 0.4) is 0 Å². The molecule has 0 radical (unpaired) electrons. The van der Waals surface area contributed by atoms with Crippen molar-refractivity contribution >= 4 is 23.7 Å². The zero-order valence-electron chi connectivity index (χ0n) is 24.3. The Kier molecular flexibility index (Phi) is 12.2. The minimum atomic E-state index is -1.02. The molecule has 0 aliphatic heterocycles. The van der Waals surface area contributed by atoms with E-state index >= 15 is 0 Å². The maximum atomic E-state index is 12.7. The van der Waals surface area contributed by atoms with Gasteiger partial charge in [0.15, 0.2) is 0 Å². The quantitative estimate of drug-likeness (QED) is 0.157. The number of hydrogen-bond donors (Lipinski definition) is 4. The Morgan fingerprint density at radius 2 is 1.23 bits per heavy atom. The Balaban J connectivity index is 2.22. The molecule has 0 fully saturated rings. The average Bonchev–Trinajstić information content (AvgIpc) is 2.84.